The molecule has 4 rings (SSSR count). The highest BCUT2D eigenvalue weighted by atomic mass is 32.2. The predicted molar refractivity (Wildman–Crippen MR) is 90.0 cm³/mol. The Bertz CT molecular complexity index is 666. The van der Waals surface area contributed by atoms with Crippen LogP contribution in [0, 0.1) is 5.41 Å². The highest BCUT2D eigenvalue weighted by Gasteiger charge is 2.47. The smallest absolute Gasteiger partial charge is 0.0511 e. The second kappa shape index (κ2) is 4.56. The van der Waals surface area contributed by atoms with Crippen LogP contribution in [0.25, 0.3) is 0 Å². The minimum absolute atomic E-state index is 0.238. The van der Waals surface area contributed by atoms with Gasteiger partial charge < -0.3 is 0 Å². The van der Waals surface area contributed by atoms with Crippen LogP contribution in [-0.4, -0.2) is 23.1 Å². The SMILES string of the molecule is CS1=C2C(c3ccccc3)C=NC3=CC=CCC32CC1. The molecule has 0 amide bonds. The molecule has 20 heavy (non-hydrogen) atoms. The molecule has 2 heteroatoms. The zero-order valence-electron chi connectivity index (χ0n) is 11.8. The van der Waals surface area contributed by atoms with Crippen LogP contribution < -0.4 is 0 Å². The summed E-state index contributed by atoms with van der Waals surface area (Å²) in [6.45, 7) is 0. The van der Waals surface area contributed by atoms with E-state index in [1.54, 1.807) is 4.86 Å². The number of hydrogen-bond acceptors (Lipinski definition) is 1. The molecule has 1 aliphatic carbocycles. The van der Waals surface area contributed by atoms with Gasteiger partial charge in [-0.2, -0.15) is 10.5 Å². The van der Waals surface area contributed by atoms with E-state index in [1.807, 2.05) is 0 Å². The van der Waals surface area contributed by atoms with Crippen LogP contribution >= 0.6 is 10.5 Å². The highest BCUT2D eigenvalue weighted by molar-refractivity contribution is 8.15. The highest BCUT2D eigenvalue weighted by Crippen LogP contribution is 2.54. The lowest BCUT2D eigenvalue weighted by Gasteiger charge is -2.39. The van der Waals surface area contributed by atoms with E-state index in [1.165, 1.54) is 23.4 Å². The van der Waals surface area contributed by atoms with E-state index < -0.39 is 0 Å². The molecule has 0 radical (unpaired) electrons. The standard InChI is InChI=1S/C18H19NS/c1-20-12-11-18-10-6-5-9-16(18)19-13-15(17(18)20)14-7-3-2-4-8-14/h2-9,13,15H,10-12H2,1H3. The van der Waals surface area contributed by atoms with Crippen molar-refractivity contribution in [1.82, 2.24) is 0 Å². The maximum absolute atomic E-state index is 4.85. The van der Waals surface area contributed by atoms with E-state index in [2.05, 4.69) is 61.0 Å². The van der Waals surface area contributed by atoms with Crippen LogP contribution in [0.2, 0.25) is 0 Å². The van der Waals surface area contributed by atoms with Crippen molar-refractivity contribution in [2.45, 2.75) is 18.8 Å². The third kappa shape index (κ3) is 1.64. The number of allylic oxidation sites excluding steroid dienone is 4. The Balaban J connectivity index is 1.90. The van der Waals surface area contributed by atoms with E-state index in [9.17, 15) is 0 Å². The molecule has 2 aliphatic heterocycles. The minimum Gasteiger partial charge on any atom is -0.264 e. The summed E-state index contributed by atoms with van der Waals surface area (Å²) in [7, 11) is 0.403. The number of hydrogen-bond donors (Lipinski definition) is 0. The molecule has 1 spiro atoms. The maximum atomic E-state index is 4.85. The summed E-state index contributed by atoms with van der Waals surface area (Å²) in [5.74, 6) is 1.74. The molecular formula is C18H19NS. The van der Waals surface area contributed by atoms with Crippen LogP contribution in [0.5, 0.6) is 0 Å². The topological polar surface area (TPSA) is 12.4 Å². The molecule has 0 bridgehead atoms. The second-order valence-electron chi connectivity index (χ2n) is 5.89. The first kappa shape index (κ1) is 12.3. The molecule has 3 aliphatic rings. The summed E-state index contributed by atoms with van der Waals surface area (Å²) in [5.41, 5.74) is 2.95. The van der Waals surface area contributed by atoms with Gasteiger partial charge in [-0.3, -0.25) is 4.99 Å². The number of aliphatic imine (C=N–C) groups is 1. The zero-order chi connectivity index (χ0) is 13.6. The molecule has 0 saturated heterocycles. The van der Waals surface area contributed by atoms with Crippen molar-refractivity contribution in [2.75, 3.05) is 12.0 Å². The van der Waals surface area contributed by atoms with Gasteiger partial charge in [-0.15, -0.1) is 0 Å². The van der Waals surface area contributed by atoms with Gasteiger partial charge in [-0.05, 0) is 41.4 Å². The first-order chi connectivity index (χ1) is 9.81. The van der Waals surface area contributed by atoms with Crippen molar-refractivity contribution < 1.29 is 0 Å². The van der Waals surface area contributed by atoms with Gasteiger partial charge in [0.1, 0.15) is 0 Å². The van der Waals surface area contributed by atoms with Crippen molar-refractivity contribution in [1.29, 1.82) is 0 Å². The Kier molecular flexibility index (Phi) is 2.81. The number of rotatable bonds is 1. The molecule has 3 unspecified atom stereocenters. The number of nitrogens with zero attached hydrogens (tertiary/aromatic N) is 1. The van der Waals surface area contributed by atoms with Crippen molar-refractivity contribution in [2.24, 2.45) is 10.4 Å². The first-order valence-electron chi connectivity index (χ1n) is 7.27. The molecule has 0 saturated carbocycles. The van der Waals surface area contributed by atoms with Gasteiger partial charge in [0.25, 0.3) is 0 Å². The van der Waals surface area contributed by atoms with Crippen LogP contribution in [0.3, 0.4) is 0 Å². The molecule has 1 aromatic rings. The van der Waals surface area contributed by atoms with Crippen molar-refractivity contribution in [3.8, 4) is 0 Å². The fourth-order valence-corrected chi connectivity index (χ4v) is 6.31. The Labute approximate surface area is 123 Å². The second-order valence-corrected chi connectivity index (χ2v) is 8.01. The lowest BCUT2D eigenvalue weighted by atomic mass is 9.68. The average Bonchev–Trinajstić information content (AvgIpc) is 2.84. The molecule has 3 atom stereocenters. The van der Waals surface area contributed by atoms with Crippen LogP contribution in [0.4, 0.5) is 0 Å². The lowest BCUT2D eigenvalue weighted by molar-refractivity contribution is 0.482. The molecule has 1 nitrogen and oxygen atoms in total. The summed E-state index contributed by atoms with van der Waals surface area (Å²) in [6.07, 6.45) is 13.8. The van der Waals surface area contributed by atoms with E-state index in [-0.39, 0.29) is 5.41 Å². The van der Waals surface area contributed by atoms with Crippen molar-refractivity contribution >= 4 is 21.6 Å². The van der Waals surface area contributed by atoms with Gasteiger partial charge in [0.2, 0.25) is 0 Å². The fourth-order valence-electron chi connectivity index (χ4n) is 3.84. The molecular weight excluding hydrogens is 262 g/mol. The minimum atomic E-state index is 0.238. The molecule has 0 aromatic heterocycles. The summed E-state index contributed by atoms with van der Waals surface area (Å²) < 4.78 is 0. The Morgan fingerprint density at radius 3 is 2.95 bits per heavy atom. The summed E-state index contributed by atoms with van der Waals surface area (Å²) in [5, 5.41) is 0. The number of benzene rings is 1. The van der Waals surface area contributed by atoms with E-state index >= 15 is 0 Å². The quantitative estimate of drug-likeness (QED) is 0.685. The van der Waals surface area contributed by atoms with Gasteiger partial charge in [-0.1, -0.05) is 42.5 Å². The first-order valence-corrected chi connectivity index (χ1v) is 9.08. The van der Waals surface area contributed by atoms with Crippen LogP contribution in [-0.2, 0) is 0 Å². The fraction of sp³-hybridized carbons (Fsp3) is 0.333. The van der Waals surface area contributed by atoms with Gasteiger partial charge in [0.05, 0.1) is 5.70 Å². The molecule has 102 valence electrons. The van der Waals surface area contributed by atoms with Crippen molar-refractivity contribution in [3.05, 3.63) is 59.8 Å². The summed E-state index contributed by atoms with van der Waals surface area (Å²) >= 11 is 0. The maximum Gasteiger partial charge on any atom is 0.0511 e. The van der Waals surface area contributed by atoms with Crippen molar-refractivity contribution in [3.63, 3.8) is 0 Å². The van der Waals surface area contributed by atoms with Gasteiger partial charge >= 0.3 is 0 Å². The molecule has 1 aromatic carbocycles. The zero-order valence-corrected chi connectivity index (χ0v) is 12.6. The molecule has 2 heterocycles. The third-order valence-corrected chi connectivity index (χ3v) is 7.04. The average molecular weight is 281 g/mol. The Morgan fingerprint density at radius 2 is 2.10 bits per heavy atom. The largest absolute Gasteiger partial charge is 0.264 e. The lowest BCUT2D eigenvalue weighted by Crippen LogP contribution is -2.38. The molecule has 0 fully saturated rings. The normalized spacial score (nSPS) is 34.6. The van der Waals surface area contributed by atoms with Crippen LogP contribution in [0.15, 0.2) is 59.2 Å². The Hall–Kier alpha value is -1.41. The van der Waals surface area contributed by atoms with Gasteiger partial charge in [-0.25, -0.2) is 0 Å². The third-order valence-electron chi connectivity index (χ3n) is 4.83. The van der Waals surface area contributed by atoms with E-state index in [4.69, 9.17) is 4.99 Å². The Morgan fingerprint density at radius 1 is 1.25 bits per heavy atom. The van der Waals surface area contributed by atoms with Crippen LogP contribution in [0.1, 0.15) is 24.3 Å². The van der Waals surface area contributed by atoms with E-state index in [0.717, 1.165) is 6.42 Å². The van der Waals surface area contributed by atoms with Gasteiger partial charge in [0, 0.05) is 17.5 Å². The monoisotopic (exact) mass is 281 g/mol. The van der Waals surface area contributed by atoms with Gasteiger partial charge in [0.15, 0.2) is 0 Å². The summed E-state index contributed by atoms with van der Waals surface area (Å²) in [4.78, 5) is 6.58. The van der Waals surface area contributed by atoms with E-state index in [0.29, 0.717) is 16.4 Å². The summed E-state index contributed by atoms with van der Waals surface area (Å²) in [6, 6.07) is 10.9. The molecule has 0 N–H and O–H groups in total. The predicted octanol–water partition coefficient (Wildman–Crippen LogP) is 4.16.